The molecule has 1 amide bonds. The Kier molecular flexibility index (Phi) is 4.49. The van der Waals surface area contributed by atoms with E-state index >= 15 is 0 Å². The molecule has 1 fully saturated rings. The third-order valence-electron chi connectivity index (χ3n) is 4.18. The molecule has 0 unspecified atom stereocenters. The second-order valence-electron chi connectivity index (χ2n) is 5.96. The summed E-state index contributed by atoms with van der Waals surface area (Å²) in [4.78, 5) is 13.9. The minimum Gasteiger partial charge on any atom is -0.508 e. The third kappa shape index (κ3) is 3.38. The van der Waals surface area contributed by atoms with Crippen LogP contribution in [0.1, 0.15) is 23.6 Å². The summed E-state index contributed by atoms with van der Waals surface area (Å²) in [5, 5.41) is 19.4. The Morgan fingerprint density at radius 2 is 2.00 bits per heavy atom. The summed E-state index contributed by atoms with van der Waals surface area (Å²) in [7, 11) is 0. The van der Waals surface area contributed by atoms with E-state index in [0.29, 0.717) is 5.56 Å². The molecule has 1 aliphatic rings. The molecule has 0 radical (unpaired) electrons. The molecule has 4 nitrogen and oxygen atoms in total. The van der Waals surface area contributed by atoms with Gasteiger partial charge in [0.15, 0.2) is 0 Å². The molecule has 1 saturated heterocycles. The van der Waals surface area contributed by atoms with Crippen molar-refractivity contribution in [3.8, 4) is 5.75 Å². The van der Waals surface area contributed by atoms with Crippen LogP contribution in [0.5, 0.6) is 5.75 Å². The Hall–Kier alpha value is -2.47. The quantitative estimate of drug-likeness (QED) is 0.907. The zero-order valence-electron chi connectivity index (χ0n) is 12.8. The average Bonchev–Trinajstić information content (AvgIpc) is 2.91. The molecule has 24 heavy (non-hydrogen) atoms. The van der Waals surface area contributed by atoms with Crippen LogP contribution in [0.25, 0.3) is 0 Å². The third-order valence-corrected chi connectivity index (χ3v) is 4.18. The van der Waals surface area contributed by atoms with E-state index in [1.165, 1.54) is 17.0 Å². The van der Waals surface area contributed by atoms with Crippen LogP contribution in [0.2, 0.25) is 0 Å². The van der Waals surface area contributed by atoms with E-state index in [0.717, 1.165) is 18.2 Å². The zero-order chi connectivity index (χ0) is 17.3. The van der Waals surface area contributed by atoms with Crippen molar-refractivity contribution in [2.24, 2.45) is 0 Å². The van der Waals surface area contributed by atoms with E-state index in [1.54, 1.807) is 12.1 Å². The van der Waals surface area contributed by atoms with Crippen LogP contribution in [0.3, 0.4) is 0 Å². The first kappa shape index (κ1) is 16.4. The summed E-state index contributed by atoms with van der Waals surface area (Å²) in [6.07, 6.45) is -0.619. The van der Waals surface area contributed by atoms with Gasteiger partial charge in [0.05, 0.1) is 18.6 Å². The highest BCUT2D eigenvalue weighted by molar-refractivity contribution is 5.79. The summed E-state index contributed by atoms with van der Waals surface area (Å²) < 4.78 is 27.5. The van der Waals surface area contributed by atoms with Gasteiger partial charge in [0, 0.05) is 12.1 Å². The van der Waals surface area contributed by atoms with E-state index in [4.69, 9.17) is 0 Å². The number of β-amino-alcohol motifs (C(OH)–C–C–N with tert-alkyl or cyclic N) is 1. The van der Waals surface area contributed by atoms with Gasteiger partial charge in [-0.25, -0.2) is 8.78 Å². The second-order valence-corrected chi connectivity index (χ2v) is 5.96. The number of hydrogen-bond donors (Lipinski definition) is 2. The fraction of sp³-hybridized carbons (Fsp3) is 0.278. The van der Waals surface area contributed by atoms with Crippen molar-refractivity contribution in [2.45, 2.75) is 25.0 Å². The Labute approximate surface area is 138 Å². The number of hydrogen-bond acceptors (Lipinski definition) is 3. The van der Waals surface area contributed by atoms with Gasteiger partial charge < -0.3 is 15.1 Å². The molecule has 0 bridgehead atoms. The highest BCUT2D eigenvalue weighted by Gasteiger charge is 2.36. The Balaban J connectivity index is 1.85. The minimum absolute atomic E-state index is 0.00849. The fourth-order valence-corrected chi connectivity index (χ4v) is 3.10. The molecule has 2 atom stereocenters. The van der Waals surface area contributed by atoms with Gasteiger partial charge in [0.1, 0.15) is 17.4 Å². The number of halogens is 2. The van der Waals surface area contributed by atoms with Gasteiger partial charge in [-0.3, -0.25) is 4.79 Å². The van der Waals surface area contributed by atoms with Gasteiger partial charge in [-0.15, -0.1) is 0 Å². The highest BCUT2D eigenvalue weighted by atomic mass is 19.1. The van der Waals surface area contributed by atoms with Crippen molar-refractivity contribution in [1.29, 1.82) is 0 Å². The lowest BCUT2D eigenvalue weighted by molar-refractivity contribution is -0.131. The maximum atomic E-state index is 14.0. The average molecular weight is 333 g/mol. The standard InChI is InChI=1S/C18H17F2NO3/c19-12-4-5-16(20)15(8-12)17-9-14(23)10-21(17)18(24)7-11-2-1-3-13(22)6-11/h1-6,8,14,17,22-23H,7,9-10H2/t14-,17+/m1/s1. The first-order valence-electron chi connectivity index (χ1n) is 7.64. The van der Waals surface area contributed by atoms with Crippen LogP contribution < -0.4 is 0 Å². The Bertz CT molecular complexity index is 766. The van der Waals surface area contributed by atoms with Gasteiger partial charge in [0.2, 0.25) is 5.91 Å². The summed E-state index contributed by atoms with van der Waals surface area (Å²) >= 11 is 0. The molecule has 0 spiro atoms. The number of rotatable bonds is 3. The topological polar surface area (TPSA) is 60.8 Å². The highest BCUT2D eigenvalue weighted by Crippen LogP contribution is 2.34. The van der Waals surface area contributed by atoms with Gasteiger partial charge in [0.25, 0.3) is 0 Å². The van der Waals surface area contributed by atoms with Crippen molar-refractivity contribution >= 4 is 5.91 Å². The number of phenols is 1. The maximum Gasteiger partial charge on any atom is 0.227 e. The number of carbonyl (C=O) groups excluding carboxylic acids is 1. The van der Waals surface area contributed by atoms with Crippen LogP contribution in [-0.4, -0.2) is 33.7 Å². The van der Waals surface area contributed by atoms with Gasteiger partial charge in [-0.05, 0) is 42.3 Å². The predicted molar refractivity (Wildman–Crippen MR) is 83.2 cm³/mol. The van der Waals surface area contributed by atoms with Crippen molar-refractivity contribution in [3.05, 3.63) is 65.2 Å². The minimum atomic E-state index is -0.786. The molecule has 2 N–H and O–H groups in total. The van der Waals surface area contributed by atoms with Crippen LogP contribution in [0.15, 0.2) is 42.5 Å². The summed E-state index contributed by atoms with van der Waals surface area (Å²) in [6.45, 7) is 0.0677. The lowest BCUT2D eigenvalue weighted by Gasteiger charge is -2.25. The molecule has 2 aromatic rings. The van der Waals surface area contributed by atoms with E-state index in [1.807, 2.05) is 0 Å². The van der Waals surface area contributed by atoms with Crippen molar-refractivity contribution < 1.29 is 23.8 Å². The molecule has 2 aromatic carbocycles. The summed E-state index contributed by atoms with van der Waals surface area (Å²) in [5.74, 6) is -1.46. The lowest BCUT2D eigenvalue weighted by atomic mass is 10.0. The maximum absolute atomic E-state index is 14.0. The number of aliphatic hydroxyl groups excluding tert-OH is 1. The lowest BCUT2D eigenvalue weighted by Crippen LogP contribution is -2.33. The molecule has 0 aliphatic carbocycles. The first-order chi connectivity index (χ1) is 11.4. The monoisotopic (exact) mass is 333 g/mol. The van der Waals surface area contributed by atoms with Gasteiger partial charge in [-0.1, -0.05) is 12.1 Å². The molecule has 3 rings (SSSR count). The number of aromatic hydroxyl groups is 1. The fourth-order valence-electron chi connectivity index (χ4n) is 3.10. The van der Waals surface area contributed by atoms with E-state index in [2.05, 4.69) is 0 Å². The molecule has 0 aromatic heterocycles. The molecule has 0 saturated carbocycles. The van der Waals surface area contributed by atoms with E-state index in [-0.39, 0.29) is 36.6 Å². The molecule has 1 heterocycles. The van der Waals surface area contributed by atoms with Crippen LogP contribution in [-0.2, 0) is 11.2 Å². The van der Waals surface area contributed by atoms with Gasteiger partial charge in [-0.2, -0.15) is 0 Å². The molecular formula is C18H17F2NO3. The van der Waals surface area contributed by atoms with Gasteiger partial charge >= 0.3 is 0 Å². The number of amides is 1. The number of phenolic OH excluding ortho intramolecular Hbond substituents is 1. The smallest absolute Gasteiger partial charge is 0.227 e. The molecule has 1 aliphatic heterocycles. The zero-order valence-corrected chi connectivity index (χ0v) is 12.8. The molecular weight excluding hydrogens is 316 g/mol. The Morgan fingerprint density at radius 3 is 2.75 bits per heavy atom. The Morgan fingerprint density at radius 1 is 1.21 bits per heavy atom. The largest absolute Gasteiger partial charge is 0.508 e. The van der Waals surface area contributed by atoms with Crippen molar-refractivity contribution in [3.63, 3.8) is 0 Å². The second kappa shape index (κ2) is 6.57. The molecule has 126 valence electrons. The van der Waals surface area contributed by atoms with Crippen LogP contribution in [0, 0.1) is 11.6 Å². The number of carbonyl (C=O) groups is 1. The van der Waals surface area contributed by atoms with Crippen LogP contribution in [0.4, 0.5) is 8.78 Å². The number of likely N-dealkylation sites (tertiary alicyclic amines) is 1. The van der Waals surface area contributed by atoms with E-state index < -0.39 is 23.8 Å². The summed E-state index contributed by atoms with van der Waals surface area (Å²) in [5.41, 5.74) is 0.677. The summed E-state index contributed by atoms with van der Waals surface area (Å²) in [6, 6.07) is 8.69. The van der Waals surface area contributed by atoms with Crippen LogP contribution >= 0.6 is 0 Å². The van der Waals surface area contributed by atoms with Crippen molar-refractivity contribution in [1.82, 2.24) is 4.90 Å². The molecule has 6 heteroatoms. The van der Waals surface area contributed by atoms with Crippen molar-refractivity contribution in [2.75, 3.05) is 6.54 Å². The first-order valence-corrected chi connectivity index (χ1v) is 7.64. The SMILES string of the molecule is O=C(Cc1cccc(O)c1)N1C[C@H](O)C[C@H]1c1cc(F)ccc1F. The predicted octanol–water partition coefficient (Wildman–Crippen LogP) is 2.55. The van der Waals surface area contributed by atoms with E-state index in [9.17, 15) is 23.8 Å². The number of aliphatic hydroxyl groups is 1. The number of benzene rings is 2. The number of nitrogens with zero attached hydrogens (tertiary/aromatic N) is 1. The normalized spacial score (nSPS) is 20.4.